The van der Waals surface area contributed by atoms with Crippen LogP contribution in [-0.4, -0.2) is 25.7 Å². The number of aliphatic hydroxyl groups is 1. The molecule has 0 amide bonds. The Bertz CT molecular complexity index is 795. The minimum absolute atomic E-state index is 0.146. The van der Waals surface area contributed by atoms with Crippen LogP contribution in [0.1, 0.15) is 18.9 Å². The summed E-state index contributed by atoms with van der Waals surface area (Å²) in [5, 5.41) is 10.1. The first-order chi connectivity index (χ1) is 11.2. The van der Waals surface area contributed by atoms with Crippen LogP contribution in [0, 0.1) is 5.82 Å². The van der Waals surface area contributed by atoms with Crippen LogP contribution in [0.3, 0.4) is 0 Å². The minimum Gasteiger partial charge on any atom is -0.389 e. The molecule has 130 valence electrons. The van der Waals surface area contributed by atoms with Gasteiger partial charge >= 0.3 is 0 Å². The van der Waals surface area contributed by atoms with Gasteiger partial charge in [0.15, 0.2) is 0 Å². The van der Waals surface area contributed by atoms with E-state index in [9.17, 15) is 17.9 Å². The Balaban J connectivity index is 1.98. The summed E-state index contributed by atoms with van der Waals surface area (Å²) in [7, 11) is -3.88. The first-order valence-corrected chi connectivity index (χ1v) is 9.27. The van der Waals surface area contributed by atoms with Gasteiger partial charge in [-0.1, -0.05) is 41.9 Å². The molecule has 0 fully saturated rings. The molecule has 0 heterocycles. The second kappa shape index (κ2) is 7.61. The number of hydrogen-bond acceptors (Lipinski definition) is 3. The Morgan fingerprint density at radius 3 is 2.50 bits per heavy atom. The molecule has 24 heavy (non-hydrogen) atoms. The first kappa shape index (κ1) is 18.9. The van der Waals surface area contributed by atoms with Crippen LogP contribution >= 0.6 is 11.6 Å². The predicted molar refractivity (Wildman–Crippen MR) is 92.0 cm³/mol. The van der Waals surface area contributed by atoms with Crippen molar-refractivity contribution in [3.8, 4) is 0 Å². The van der Waals surface area contributed by atoms with E-state index < -0.39 is 21.4 Å². The Hall–Kier alpha value is -1.47. The fourth-order valence-electron chi connectivity index (χ4n) is 2.12. The largest absolute Gasteiger partial charge is 0.389 e. The van der Waals surface area contributed by atoms with E-state index in [1.165, 1.54) is 0 Å². The van der Waals surface area contributed by atoms with Crippen LogP contribution in [0.5, 0.6) is 0 Å². The number of aryl methyl sites for hydroxylation is 1. The maximum absolute atomic E-state index is 13.1. The Kier molecular flexibility index (Phi) is 5.98. The molecule has 7 heteroatoms. The van der Waals surface area contributed by atoms with Gasteiger partial charge in [0.2, 0.25) is 10.0 Å². The van der Waals surface area contributed by atoms with E-state index in [0.717, 1.165) is 23.8 Å². The van der Waals surface area contributed by atoms with E-state index in [4.69, 9.17) is 11.6 Å². The van der Waals surface area contributed by atoms with Crippen molar-refractivity contribution in [1.29, 1.82) is 0 Å². The molecule has 4 nitrogen and oxygen atoms in total. The van der Waals surface area contributed by atoms with E-state index >= 15 is 0 Å². The molecule has 2 aromatic carbocycles. The maximum atomic E-state index is 13.1. The van der Waals surface area contributed by atoms with E-state index in [2.05, 4.69) is 4.72 Å². The van der Waals surface area contributed by atoms with Crippen LogP contribution in [0.15, 0.2) is 53.4 Å². The topological polar surface area (TPSA) is 66.4 Å². The van der Waals surface area contributed by atoms with Gasteiger partial charge in [-0.3, -0.25) is 0 Å². The Morgan fingerprint density at radius 1 is 1.21 bits per heavy atom. The molecule has 0 spiro atoms. The molecule has 0 aliphatic carbocycles. The quantitative estimate of drug-likeness (QED) is 0.785. The highest BCUT2D eigenvalue weighted by molar-refractivity contribution is 7.89. The van der Waals surface area contributed by atoms with Gasteiger partial charge in [0.1, 0.15) is 5.82 Å². The van der Waals surface area contributed by atoms with Crippen molar-refractivity contribution >= 4 is 21.6 Å². The summed E-state index contributed by atoms with van der Waals surface area (Å²) in [6.45, 7) is 1.41. The summed E-state index contributed by atoms with van der Waals surface area (Å²) in [6.07, 6.45) is 1.02. The molecular weight excluding hydrogens is 353 g/mol. The summed E-state index contributed by atoms with van der Waals surface area (Å²) in [6, 6.07) is 12.8. The Morgan fingerprint density at radius 2 is 1.88 bits per heavy atom. The van der Waals surface area contributed by atoms with E-state index in [1.54, 1.807) is 6.92 Å². The molecular formula is C17H19ClFNO3S. The van der Waals surface area contributed by atoms with Gasteiger partial charge in [0.25, 0.3) is 0 Å². The molecule has 0 radical (unpaired) electrons. The van der Waals surface area contributed by atoms with E-state index in [0.29, 0.717) is 12.8 Å². The SMILES string of the molecule is CC(O)(CCc1ccccc1)CNS(=O)(=O)c1ccc(F)c(Cl)c1. The molecule has 0 aliphatic heterocycles. The molecule has 0 bridgehead atoms. The molecule has 0 saturated carbocycles. The van der Waals surface area contributed by atoms with Crippen molar-refractivity contribution < 1.29 is 17.9 Å². The standard InChI is InChI=1S/C17H19ClFNO3S/c1-17(21,10-9-13-5-3-2-4-6-13)12-20-24(22,23)14-7-8-16(19)15(18)11-14/h2-8,11,20-21H,9-10,12H2,1H3. The van der Waals surface area contributed by atoms with Crippen LogP contribution in [0.25, 0.3) is 0 Å². The highest BCUT2D eigenvalue weighted by Crippen LogP contribution is 2.20. The van der Waals surface area contributed by atoms with Crippen LogP contribution in [-0.2, 0) is 16.4 Å². The van der Waals surface area contributed by atoms with Gasteiger partial charge in [-0.2, -0.15) is 0 Å². The van der Waals surface area contributed by atoms with Crippen molar-refractivity contribution in [2.45, 2.75) is 30.3 Å². The number of hydrogen-bond donors (Lipinski definition) is 2. The van der Waals surface area contributed by atoms with Crippen LogP contribution < -0.4 is 4.72 Å². The number of benzene rings is 2. The molecule has 2 rings (SSSR count). The van der Waals surface area contributed by atoms with E-state index in [1.807, 2.05) is 30.3 Å². The molecule has 2 N–H and O–H groups in total. The first-order valence-electron chi connectivity index (χ1n) is 7.41. The highest BCUT2D eigenvalue weighted by atomic mass is 35.5. The highest BCUT2D eigenvalue weighted by Gasteiger charge is 2.24. The number of halogens is 2. The summed E-state index contributed by atoms with van der Waals surface area (Å²) >= 11 is 5.61. The van der Waals surface area contributed by atoms with E-state index in [-0.39, 0.29) is 16.5 Å². The van der Waals surface area contributed by atoms with Crippen molar-refractivity contribution in [1.82, 2.24) is 4.72 Å². The van der Waals surface area contributed by atoms with Crippen molar-refractivity contribution in [3.63, 3.8) is 0 Å². The number of sulfonamides is 1. The molecule has 0 aromatic heterocycles. The summed E-state index contributed by atoms with van der Waals surface area (Å²) in [5.41, 5.74) is -0.154. The van der Waals surface area contributed by atoms with Gasteiger partial charge in [-0.25, -0.2) is 17.5 Å². The lowest BCUT2D eigenvalue weighted by Crippen LogP contribution is -2.40. The fourth-order valence-corrected chi connectivity index (χ4v) is 3.56. The molecule has 2 aromatic rings. The Labute approximate surface area is 146 Å². The van der Waals surface area contributed by atoms with Crippen LogP contribution in [0.2, 0.25) is 5.02 Å². The van der Waals surface area contributed by atoms with Gasteiger partial charge in [-0.15, -0.1) is 0 Å². The normalized spacial score (nSPS) is 14.3. The lowest BCUT2D eigenvalue weighted by atomic mass is 9.97. The third-order valence-corrected chi connectivity index (χ3v) is 5.33. The number of rotatable bonds is 7. The monoisotopic (exact) mass is 371 g/mol. The molecule has 0 aliphatic rings. The van der Waals surface area contributed by atoms with Crippen molar-refractivity contribution in [3.05, 3.63) is 64.9 Å². The molecule has 0 saturated heterocycles. The van der Waals surface area contributed by atoms with Gasteiger partial charge in [0.05, 0.1) is 15.5 Å². The third-order valence-electron chi connectivity index (χ3n) is 3.64. The second-order valence-electron chi connectivity index (χ2n) is 5.88. The summed E-state index contributed by atoms with van der Waals surface area (Å²) in [5.74, 6) is -0.689. The van der Waals surface area contributed by atoms with Crippen LogP contribution in [0.4, 0.5) is 4.39 Å². The summed E-state index contributed by atoms with van der Waals surface area (Å²) in [4.78, 5) is -0.146. The molecule has 1 atom stereocenters. The number of nitrogens with one attached hydrogen (secondary N) is 1. The minimum atomic E-state index is -3.88. The van der Waals surface area contributed by atoms with Gasteiger partial charge < -0.3 is 5.11 Å². The predicted octanol–water partition coefficient (Wildman–Crippen LogP) is 3.14. The molecule has 1 unspecified atom stereocenters. The zero-order valence-corrected chi connectivity index (χ0v) is 14.7. The fraction of sp³-hybridized carbons (Fsp3) is 0.294. The lowest BCUT2D eigenvalue weighted by molar-refractivity contribution is 0.0565. The zero-order chi connectivity index (χ0) is 17.8. The average molecular weight is 372 g/mol. The van der Waals surface area contributed by atoms with Gasteiger partial charge in [0, 0.05) is 6.54 Å². The summed E-state index contributed by atoms with van der Waals surface area (Å²) < 4.78 is 39.9. The third kappa shape index (κ3) is 5.27. The zero-order valence-electron chi connectivity index (χ0n) is 13.2. The smallest absolute Gasteiger partial charge is 0.240 e. The van der Waals surface area contributed by atoms with Gasteiger partial charge in [-0.05, 0) is 43.5 Å². The van der Waals surface area contributed by atoms with Crippen molar-refractivity contribution in [2.75, 3.05) is 6.54 Å². The lowest BCUT2D eigenvalue weighted by Gasteiger charge is -2.23. The average Bonchev–Trinajstić information content (AvgIpc) is 2.55. The second-order valence-corrected chi connectivity index (χ2v) is 8.06. The van der Waals surface area contributed by atoms with Crippen molar-refractivity contribution in [2.24, 2.45) is 0 Å². The maximum Gasteiger partial charge on any atom is 0.240 e.